The predicted molar refractivity (Wildman–Crippen MR) is 63.0 cm³/mol. The molecule has 0 spiro atoms. The van der Waals surface area contributed by atoms with E-state index in [1.807, 2.05) is 0 Å². The van der Waals surface area contributed by atoms with Gasteiger partial charge in [-0.15, -0.1) is 0 Å². The van der Waals surface area contributed by atoms with Crippen LogP contribution in [0.2, 0.25) is 0 Å². The maximum absolute atomic E-state index is 11.5. The van der Waals surface area contributed by atoms with E-state index in [0.29, 0.717) is 12.3 Å². The highest BCUT2D eigenvalue weighted by molar-refractivity contribution is 5.96. The van der Waals surface area contributed by atoms with Crippen molar-refractivity contribution in [1.29, 1.82) is 0 Å². The molecule has 1 rings (SSSR count). The topological polar surface area (TPSA) is 32.7 Å². The van der Waals surface area contributed by atoms with Crippen LogP contribution in [0.25, 0.3) is 0 Å². The molecule has 3 nitrogen and oxygen atoms in total. The average molecular weight is 210 g/mol. The zero-order valence-electron chi connectivity index (χ0n) is 10.5. The smallest absolute Gasteiger partial charge is 0.247 e. The summed E-state index contributed by atoms with van der Waals surface area (Å²) in [5.74, 6) is 1.29. The van der Waals surface area contributed by atoms with Gasteiger partial charge in [-0.1, -0.05) is 13.8 Å². The normalized spacial score (nSPS) is 19.2. The first-order valence-corrected chi connectivity index (χ1v) is 5.71. The van der Waals surface area contributed by atoms with Crippen LogP contribution in [-0.4, -0.2) is 28.7 Å². The van der Waals surface area contributed by atoms with Crippen LogP contribution in [0.15, 0.2) is 4.99 Å². The highest BCUT2D eigenvalue weighted by Gasteiger charge is 2.28. The SMILES string of the molecule is CC(C)C1=NC(=O)CCCN1C(C)(C)C. The Hall–Kier alpha value is -0.860. The summed E-state index contributed by atoms with van der Waals surface area (Å²) in [6, 6.07) is 0. The molecular formula is C12H22N2O. The Balaban J connectivity index is 3.02. The molecule has 0 unspecified atom stereocenters. The fraction of sp³-hybridized carbons (Fsp3) is 0.833. The molecule has 86 valence electrons. The summed E-state index contributed by atoms with van der Waals surface area (Å²) in [4.78, 5) is 17.9. The second-order valence-corrected chi connectivity index (χ2v) is 5.44. The Kier molecular flexibility index (Phi) is 3.53. The Morgan fingerprint density at radius 1 is 1.33 bits per heavy atom. The van der Waals surface area contributed by atoms with Crippen LogP contribution in [0.5, 0.6) is 0 Å². The van der Waals surface area contributed by atoms with E-state index in [4.69, 9.17) is 0 Å². The first kappa shape index (κ1) is 12.2. The fourth-order valence-electron chi connectivity index (χ4n) is 1.87. The van der Waals surface area contributed by atoms with E-state index in [9.17, 15) is 4.79 Å². The molecule has 1 heterocycles. The monoisotopic (exact) mass is 210 g/mol. The van der Waals surface area contributed by atoms with Gasteiger partial charge in [0.05, 0.1) is 0 Å². The second kappa shape index (κ2) is 4.33. The van der Waals surface area contributed by atoms with Gasteiger partial charge in [0.2, 0.25) is 5.91 Å². The molecule has 0 bridgehead atoms. The molecule has 0 aromatic carbocycles. The predicted octanol–water partition coefficient (Wildman–Crippen LogP) is 2.46. The maximum atomic E-state index is 11.5. The number of aliphatic imine (C=N–C) groups is 1. The molecule has 0 aromatic heterocycles. The molecular weight excluding hydrogens is 188 g/mol. The van der Waals surface area contributed by atoms with E-state index in [2.05, 4.69) is 44.5 Å². The quantitative estimate of drug-likeness (QED) is 0.666. The highest BCUT2D eigenvalue weighted by Crippen LogP contribution is 2.21. The lowest BCUT2D eigenvalue weighted by molar-refractivity contribution is -0.117. The van der Waals surface area contributed by atoms with Gasteiger partial charge in [-0.25, -0.2) is 4.99 Å². The summed E-state index contributed by atoms with van der Waals surface area (Å²) in [6.07, 6.45) is 1.50. The summed E-state index contributed by atoms with van der Waals surface area (Å²) < 4.78 is 0. The maximum Gasteiger partial charge on any atom is 0.247 e. The van der Waals surface area contributed by atoms with E-state index in [1.54, 1.807) is 0 Å². The third kappa shape index (κ3) is 3.05. The minimum Gasteiger partial charge on any atom is -0.355 e. The zero-order valence-corrected chi connectivity index (χ0v) is 10.5. The third-order valence-corrected chi connectivity index (χ3v) is 2.61. The first-order chi connectivity index (χ1) is 6.82. The molecule has 0 aromatic rings. The van der Waals surface area contributed by atoms with E-state index in [-0.39, 0.29) is 11.4 Å². The molecule has 15 heavy (non-hydrogen) atoms. The minimum atomic E-state index is 0.0328. The third-order valence-electron chi connectivity index (χ3n) is 2.61. The Morgan fingerprint density at radius 2 is 1.93 bits per heavy atom. The fourth-order valence-corrected chi connectivity index (χ4v) is 1.87. The van der Waals surface area contributed by atoms with Gasteiger partial charge >= 0.3 is 0 Å². The molecule has 0 N–H and O–H groups in total. The summed E-state index contributed by atoms with van der Waals surface area (Å²) in [7, 11) is 0. The summed E-state index contributed by atoms with van der Waals surface area (Å²) in [6.45, 7) is 11.6. The molecule has 0 saturated heterocycles. The number of carbonyl (C=O) groups excluding carboxylic acids is 1. The lowest BCUT2D eigenvalue weighted by atomic mass is 10.0. The second-order valence-electron chi connectivity index (χ2n) is 5.44. The molecule has 1 aliphatic heterocycles. The van der Waals surface area contributed by atoms with Crippen LogP contribution in [0.4, 0.5) is 0 Å². The van der Waals surface area contributed by atoms with E-state index in [0.717, 1.165) is 18.8 Å². The number of amidine groups is 1. The van der Waals surface area contributed by atoms with Gasteiger partial charge in [-0.3, -0.25) is 4.79 Å². The molecule has 1 aliphatic rings. The molecule has 0 fully saturated rings. The number of hydrogen-bond donors (Lipinski definition) is 0. The van der Waals surface area contributed by atoms with E-state index < -0.39 is 0 Å². The van der Waals surface area contributed by atoms with Gasteiger partial charge in [-0.05, 0) is 27.2 Å². The number of nitrogens with zero attached hydrogens (tertiary/aromatic N) is 2. The van der Waals surface area contributed by atoms with Gasteiger partial charge < -0.3 is 4.90 Å². The Labute approximate surface area is 92.6 Å². The molecule has 3 heteroatoms. The lowest BCUT2D eigenvalue weighted by Gasteiger charge is -2.38. The summed E-state index contributed by atoms with van der Waals surface area (Å²) in [5, 5.41) is 0. The van der Waals surface area contributed by atoms with Crippen molar-refractivity contribution >= 4 is 11.7 Å². The van der Waals surface area contributed by atoms with Gasteiger partial charge in [0.1, 0.15) is 5.84 Å². The van der Waals surface area contributed by atoms with Crippen LogP contribution in [-0.2, 0) is 4.79 Å². The van der Waals surface area contributed by atoms with Crippen molar-refractivity contribution in [2.45, 2.75) is 53.0 Å². The van der Waals surface area contributed by atoms with Crippen LogP contribution in [0.3, 0.4) is 0 Å². The molecule has 1 amide bonds. The average Bonchev–Trinajstić information content (AvgIpc) is 2.25. The largest absolute Gasteiger partial charge is 0.355 e. The van der Waals surface area contributed by atoms with Crippen LogP contribution in [0.1, 0.15) is 47.5 Å². The van der Waals surface area contributed by atoms with Crippen molar-refractivity contribution in [1.82, 2.24) is 4.90 Å². The molecule has 0 aliphatic carbocycles. The minimum absolute atomic E-state index is 0.0328. The van der Waals surface area contributed by atoms with Crippen molar-refractivity contribution in [3.63, 3.8) is 0 Å². The Bertz CT molecular complexity index is 274. The van der Waals surface area contributed by atoms with Crippen molar-refractivity contribution < 1.29 is 4.79 Å². The van der Waals surface area contributed by atoms with E-state index in [1.165, 1.54) is 0 Å². The number of hydrogen-bond acceptors (Lipinski definition) is 2. The standard InChI is InChI=1S/C12H22N2O/c1-9(2)11-13-10(15)7-6-8-14(11)12(3,4)5/h9H,6-8H2,1-5H3. The number of carbonyl (C=O) groups is 1. The first-order valence-electron chi connectivity index (χ1n) is 5.71. The summed E-state index contributed by atoms with van der Waals surface area (Å²) in [5.41, 5.74) is 0.0493. The number of amides is 1. The molecule has 0 atom stereocenters. The van der Waals surface area contributed by atoms with Gasteiger partial charge in [-0.2, -0.15) is 0 Å². The van der Waals surface area contributed by atoms with Crippen molar-refractivity contribution in [2.75, 3.05) is 6.54 Å². The van der Waals surface area contributed by atoms with Crippen LogP contribution in [0, 0.1) is 5.92 Å². The lowest BCUT2D eigenvalue weighted by Crippen LogP contribution is -2.47. The van der Waals surface area contributed by atoms with Crippen LogP contribution >= 0.6 is 0 Å². The van der Waals surface area contributed by atoms with Gasteiger partial charge in [0.15, 0.2) is 0 Å². The van der Waals surface area contributed by atoms with Crippen molar-refractivity contribution in [3.05, 3.63) is 0 Å². The van der Waals surface area contributed by atoms with Crippen molar-refractivity contribution in [3.8, 4) is 0 Å². The van der Waals surface area contributed by atoms with Gasteiger partial charge in [0.25, 0.3) is 0 Å². The molecule has 0 radical (unpaired) electrons. The van der Waals surface area contributed by atoms with Crippen molar-refractivity contribution in [2.24, 2.45) is 10.9 Å². The summed E-state index contributed by atoms with van der Waals surface area (Å²) >= 11 is 0. The van der Waals surface area contributed by atoms with Gasteiger partial charge in [0, 0.05) is 24.4 Å². The highest BCUT2D eigenvalue weighted by atomic mass is 16.1. The molecule has 0 saturated carbocycles. The van der Waals surface area contributed by atoms with Crippen LogP contribution < -0.4 is 0 Å². The zero-order chi connectivity index (χ0) is 11.6. The Morgan fingerprint density at radius 3 is 2.40 bits per heavy atom. The number of rotatable bonds is 1. The van der Waals surface area contributed by atoms with E-state index >= 15 is 0 Å².